The van der Waals surface area contributed by atoms with E-state index < -0.39 is 0 Å². The first kappa shape index (κ1) is 29.5. The molecule has 0 spiro atoms. The van der Waals surface area contributed by atoms with Crippen LogP contribution in [0.25, 0.3) is 121 Å². The van der Waals surface area contributed by atoms with Gasteiger partial charge in [-0.15, -0.1) is 0 Å². The summed E-state index contributed by atoms with van der Waals surface area (Å²) in [6, 6.07) is 72.1. The van der Waals surface area contributed by atoms with Crippen molar-refractivity contribution < 1.29 is 0 Å². The smallest absolute Gasteiger partial charge is 0.000696 e. The van der Waals surface area contributed by atoms with E-state index in [1.54, 1.807) is 0 Å². The van der Waals surface area contributed by atoms with Gasteiger partial charge in [-0.2, -0.15) is 0 Å². The van der Waals surface area contributed by atoms with Gasteiger partial charge in [0.25, 0.3) is 0 Å². The Morgan fingerprint density at radius 2 is 0.685 bits per heavy atom. The zero-order chi connectivity index (χ0) is 35.3. The summed E-state index contributed by atoms with van der Waals surface area (Å²) in [5.41, 5.74) is 15.4. The maximum atomic E-state index is 2.43. The van der Waals surface area contributed by atoms with Crippen LogP contribution in [0.2, 0.25) is 0 Å². The molecular formula is C54H32. The topological polar surface area (TPSA) is 0 Å². The quantitative estimate of drug-likeness (QED) is 0.128. The lowest BCUT2D eigenvalue weighted by molar-refractivity contribution is 1.60. The van der Waals surface area contributed by atoms with Gasteiger partial charge in [0.1, 0.15) is 0 Å². The van der Waals surface area contributed by atoms with Crippen molar-refractivity contribution >= 4 is 53.9 Å². The molecule has 1 aliphatic carbocycles. The molecule has 0 amide bonds. The number of hydrogen-bond donors (Lipinski definition) is 0. The largest absolute Gasteiger partial charge is 0.0622 e. The van der Waals surface area contributed by atoms with Gasteiger partial charge in [-0.1, -0.05) is 194 Å². The monoisotopic (exact) mass is 680 g/mol. The average molecular weight is 681 g/mol. The standard InChI is InChI=1S/C54H32/c1-3-15-33(16-4-1)36-21-7-9-23-38(36)39-31-32-47-49-41(39)25-13-26-42(49)43-27-14-30-46-50(40-24-10-8-22-37(40)34-17-5-2-6-18-34)52-44-28-11-19-35-20-12-29-45(48(35)44)54(52)53(47)51(43)46/h1-32H. The van der Waals surface area contributed by atoms with Gasteiger partial charge in [0.2, 0.25) is 0 Å². The predicted molar refractivity (Wildman–Crippen MR) is 231 cm³/mol. The number of fused-ring (bicyclic) bond motifs is 6. The Bertz CT molecular complexity index is 3290. The predicted octanol–water partition coefficient (Wildman–Crippen LogP) is 15.2. The second-order valence-electron chi connectivity index (χ2n) is 14.6. The van der Waals surface area contributed by atoms with Crippen LogP contribution in [0, 0.1) is 0 Å². The van der Waals surface area contributed by atoms with E-state index in [1.807, 2.05) is 0 Å². The molecule has 1 aliphatic rings. The molecule has 0 saturated heterocycles. The molecule has 0 unspecified atom stereocenters. The summed E-state index contributed by atoms with van der Waals surface area (Å²) in [4.78, 5) is 0. The van der Waals surface area contributed by atoms with Crippen molar-refractivity contribution in [3.63, 3.8) is 0 Å². The molecule has 0 heterocycles. The van der Waals surface area contributed by atoms with Crippen LogP contribution in [0.1, 0.15) is 0 Å². The fourth-order valence-corrected chi connectivity index (χ4v) is 9.84. The zero-order valence-corrected chi connectivity index (χ0v) is 29.5. The van der Waals surface area contributed by atoms with Gasteiger partial charge >= 0.3 is 0 Å². The Morgan fingerprint density at radius 3 is 1.37 bits per heavy atom. The number of hydrogen-bond acceptors (Lipinski definition) is 0. The van der Waals surface area contributed by atoms with Crippen LogP contribution in [0.3, 0.4) is 0 Å². The summed E-state index contributed by atoms with van der Waals surface area (Å²) in [5, 5.41) is 13.2. The molecule has 11 aromatic carbocycles. The first-order chi connectivity index (χ1) is 26.8. The Hall–Kier alpha value is -7.02. The highest BCUT2D eigenvalue weighted by molar-refractivity contribution is 6.42. The molecule has 12 rings (SSSR count). The van der Waals surface area contributed by atoms with Crippen molar-refractivity contribution in [1.82, 2.24) is 0 Å². The summed E-state index contributed by atoms with van der Waals surface area (Å²) in [6.07, 6.45) is 0. The van der Waals surface area contributed by atoms with E-state index in [0.29, 0.717) is 0 Å². The van der Waals surface area contributed by atoms with E-state index in [2.05, 4.69) is 194 Å². The van der Waals surface area contributed by atoms with Crippen molar-refractivity contribution in [2.75, 3.05) is 0 Å². The molecule has 11 aromatic rings. The van der Waals surface area contributed by atoms with Crippen molar-refractivity contribution in [2.24, 2.45) is 0 Å². The first-order valence-corrected chi connectivity index (χ1v) is 18.9. The van der Waals surface area contributed by atoms with Crippen molar-refractivity contribution in [3.05, 3.63) is 194 Å². The SMILES string of the molecule is c1ccc(-c2ccccc2-c2ccc3c4c5c(c(-c6ccccc6-c6ccccc6)c6cccc(c7cccc2c73)c64)-c2cccc3cccc-5c23)cc1. The van der Waals surface area contributed by atoms with Gasteiger partial charge in [0.05, 0.1) is 0 Å². The maximum absolute atomic E-state index is 2.43. The lowest BCUT2D eigenvalue weighted by Crippen LogP contribution is -1.96. The second-order valence-corrected chi connectivity index (χ2v) is 14.6. The minimum Gasteiger partial charge on any atom is -0.0622 e. The summed E-state index contributed by atoms with van der Waals surface area (Å²) < 4.78 is 0. The molecule has 0 N–H and O–H groups in total. The van der Waals surface area contributed by atoms with E-state index in [9.17, 15) is 0 Å². The highest BCUT2D eigenvalue weighted by Crippen LogP contribution is 2.59. The normalized spacial score (nSPS) is 12.1. The first-order valence-electron chi connectivity index (χ1n) is 18.9. The van der Waals surface area contributed by atoms with E-state index in [-0.39, 0.29) is 0 Å². The van der Waals surface area contributed by atoms with Crippen LogP contribution in [-0.2, 0) is 0 Å². The third-order valence-electron chi connectivity index (χ3n) is 12.0. The van der Waals surface area contributed by atoms with Gasteiger partial charge in [0, 0.05) is 0 Å². The van der Waals surface area contributed by atoms with Gasteiger partial charge in [-0.25, -0.2) is 0 Å². The van der Waals surface area contributed by atoms with Gasteiger partial charge < -0.3 is 0 Å². The minimum atomic E-state index is 1.23. The third kappa shape index (κ3) is 3.97. The molecule has 0 aliphatic heterocycles. The summed E-state index contributed by atoms with van der Waals surface area (Å²) >= 11 is 0. The van der Waals surface area contributed by atoms with E-state index in [0.717, 1.165) is 0 Å². The molecule has 0 heteroatoms. The van der Waals surface area contributed by atoms with Crippen LogP contribution in [0.5, 0.6) is 0 Å². The van der Waals surface area contributed by atoms with Crippen LogP contribution in [-0.4, -0.2) is 0 Å². The third-order valence-corrected chi connectivity index (χ3v) is 12.0. The van der Waals surface area contributed by atoms with Crippen molar-refractivity contribution in [3.8, 4) is 66.8 Å². The van der Waals surface area contributed by atoms with Crippen LogP contribution in [0.4, 0.5) is 0 Å². The fourth-order valence-electron chi connectivity index (χ4n) is 9.84. The Labute approximate surface area is 313 Å². The second kappa shape index (κ2) is 11.2. The summed E-state index contributed by atoms with van der Waals surface area (Å²) in [5.74, 6) is 0. The lowest BCUT2D eigenvalue weighted by Gasteiger charge is -2.24. The molecule has 0 atom stereocenters. The highest BCUT2D eigenvalue weighted by Gasteiger charge is 2.31. The molecule has 0 aromatic heterocycles. The van der Waals surface area contributed by atoms with Crippen LogP contribution < -0.4 is 0 Å². The molecule has 54 heavy (non-hydrogen) atoms. The number of rotatable bonds is 4. The molecule has 248 valence electrons. The minimum absolute atomic E-state index is 1.23. The number of benzene rings is 11. The van der Waals surface area contributed by atoms with Gasteiger partial charge in [0.15, 0.2) is 0 Å². The van der Waals surface area contributed by atoms with Crippen LogP contribution >= 0.6 is 0 Å². The molecule has 0 bridgehead atoms. The Kier molecular flexibility index (Phi) is 6.15. The Balaban J connectivity index is 1.28. The van der Waals surface area contributed by atoms with Gasteiger partial charge in [-0.3, -0.25) is 0 Å². The van der Waals surface area contributed by atoms with Crippen LogP contribution in [0.15, 0.2) is 194 Å². The highest BCUT2D eigenvalue weighted by atomic mass is 14.3. The fraction of sp³-hybridized carbons (Fsp3) is 0. The van der Waals surface area contributed by atoms with E-state index >= 15 is 0 Å². The molecule has 0 nitrogen and oxygen atoms in total. The van der Waals surface area contributed by atoms with E-state index in [4.69, 9.17) is 0 Å². The van der Waals surface area contributed by atoms with Crippen molar-refractivity contribution in [1.29, 1.82) is 0 Å². The van der Waals surface area contributed by atoms with E-state index in [1.165, 1.54) is 121 Å². The molecule has 0 fully saturated rings. The molecule has 0 radical (unpaired) electrons. The average Bonchev–Trinajstić information content (AvgIpc) is 3.58. The maximum Gasteiger partial charge on any atom is -0.000696 e. The lowest BCUT2D eigenvalue weighted by atomic mass is 9.79. The van der Waals surface area contributed by atoms with Crippen molar-refractivity contribution in [2.45, 2.75) is 0 Å². The molecule has 0 saturated carbocycles. The Morgan fingerprint density at radius 1 is 0.185 bits per heavy atom. The summed E-state index contributed by atoms with van der Waals surface area (Å²) in [7, 11) is 0. The zero-order valence-electron chi connectivity index (χ0n) is 29.5. The van der Waals surface area contributed by atoms with Gasteiger partial charge in [-0.05, 0) is 121 Å². The molecular weight excluding hydrogens is 649 g/mol. The summed E-state index contributed by atoms with van der Waals surface area (Å²) in [6.45, 7) is 0.